The molecule has 0 aliphatic heterocycles. The first-order valence-corrected chi connectivity index (χ1v) is 7.61. The minimum atomic E-state index is -4.38. The summed E-state index contributed by atoms with van der Waals surface area (Å²) in [5.41, 5.74) is 5.78. The molecule has 0 saturated heterocycles. The SMILES string of the molecule is COc1ccc(/C(=C/Sc2cccc(C(F)(F)F)c2)N=CN)cn1. The molecule has 0 amide bonds. The first-order chi connectivity index (χ1) is 11.4. The lowest BCUT2D eigenvalue weighted by Crippen LogP contribution is -2.04. The Morgan fingerprint density at radius 3 is 2.67 bits per heavy atom. The Balaban J connectivity index is 2.25. The van der Waals surface area contributed by atoms with Crippen LogP contribution in [-0.4, -0.2) is 18.4 Å². The molecule has 0 unspecified atom stereocenters. The molecule has 0 aliphatic rings. The second kappa shape index (κ2) is 7.87. The van der Waals surface area contributed by atoms with Crippen LogP contribution in [0, 0.1) is 0 Å². The van der Waals surface area contributed by atoms with Gasteiger partial charge in [0.2, 0.25) is 5.88 Å². The number of hydrogen-bond donors (Lipinski definition) is 1. The molecule has 1 aromatic carbocycles. The lowest BCUT2D eigenvalue weighted by atomic mass is 10.2. The van der Waals surface area contributed by atoms with Crippen LogP contribution in [0.5, 0.6) is 5.88 Å². The van der Waals surface area contributed by atoms with Gasteiger partial charge in [-0.2, -0.15) is 13.2 Å². The van der Waals surface area contributed by atoms with E-state index in [1.807, 2.05) is 0 Å². The van der Waals surface area contributed by atoms with Crippen LogP contribution in [0.4, 0.5) is 13.2 Å². The van der Waals surface area contributed by atoms with E-state index in [1.54, 1.807) is 29.8 Å². The molecule has 0 fully saturated rings. The highest BCUT2D eigenvalue weighted by molar-refractivity contribution is 8.02. The minimum absolute atomic E-state index is 0.441. The summed E-state index contributed by atoms with van der Waals surface area (Å²) in [6.45, 7) is 0. The summed E-state index contributed by atoms with van der Waals surface area (Å²) in [7, 11) is 1.50. The van der Waals surface area contributed by atoms with E-state index in [-0.39, 0.29) is 0 Å². The number of hydrogen-bond acceptors (Lipinski definition) is 4. The molecule has 0 aliphatic carbocycles. The van der Waals surface area contributed by atoms with Crippen LogP contribution in [-0.2, 0) is 6.18 Å². The lowest BCUT2D eigenvalue weighted by Gasteiger charge is -2.08. The van der Waals surface area contributed by atoms with Gasteiger partial charge in [0, 0.05) is 28.1 Å². The number of aliphatic imine (C=N–C) groups is 1. The van der Waals surface area contributed by atoms with Crippen LogP contribution in [0.25, 0.3) is 5.70 Å². The molecule has 0 saturated carbocycles. The molecule has 1 aromatic heterocycles. The monoisotopic (exact) mass is 353 g/mol. The van der Waals surface area contributed by atoms with Gasteiger partial charge in [0.05, 0.1) is 24.7 Å². The van der Waals surface area contributed by atoms with Crippen molar-refractivity contribution in [1.29, 1.82) is 0 Å². The number of methoxy groups -OCH3 is 1. The van der Waals surface area contributed by atoms with E-state index in [0.717, 1.165) is 30.2 Å². The van der Waals surface area contributed by atoms with Gasteiger partial charge >= 0.3 is 6.18 Å². The second-order valence-corrected chi connectivity index (χ2v) is 5.46. The molecule has 0 radical (unpaired) electrons. The summed E-state index contributed by atoms with van der Waals surface area (Å²) in [6, 6.07) is 8.45. The number of rotatable bonds is 5. The predicted octanol–water partition coefficient (Wildman–Crippen LogP) is 4.19. The highest BCUT2D eigenvalue weighted by Crippen LogP contribution is 2.33. The van der Waals surface area contributed by atoms with E-state index >= 15 is 0 Å². The first-order valence-electron chi connectivity index (χ1n) is 6.73. The summed E-state index contributed by atoms with van der Waals surface area (Å²) >= 11 is 1.11. The summed E-state index contributed by atoms with van der Waals surface area (Å²) in [5, 5.41) is 1.61. The Bertz CT molecular complexity index is 743. The van der Waals surface area contributed by atoms with Gasteiger partial charge in [-0.1, -0.05) is 17.8 Å². The van der Waals surface area contributed by atoms with Gasteiger partial charge in [-0.25, -0.2) is 9.98 Å². The molecule has 4 nitrogen and oxygen atoms in total. The molecule has 1 heterocycles. The zero-order chi connectivity index (χ0) is 17.6. The molecular weight excluding hydrogens is 339 g/mol. The summed E-state index contributed by atoms with van der Waals surface area (Å²) < 4.78 is 43.2. The number of aromatic nitrogens is 1. The Morgan fingerprint density at radius 2 is 2.08 bits per heavy atom. The molecule has 0 atom stereocenters. The summed E-state index contributed by atoms with van der Waals surface area (Å²) in [4.78, 5) is 8.53. The Morgan fingerprint density at radius 1 is 1.29 bits per heavy atom. The lowest BCUT2D eigenvalue weighted by molar-refractivity contribution is -0.137. The van der Waals surface area contributed by atoms with Crippen molar-refractivity contribution in [3.8, 4) is 5.88 Å². The van der Waals surface area contributed by atoms with Gasteiger partial charge in [0.1, 0.15) is 0 Å². The molecular formula is C16H14F3N3OS. The maximum Gasteiger partial charge on any atom is 0.416 e. The van der Waals surface area contributed by atoms with E-state index < -0.39 is 11.7 Å². The summed E-state index contributed by atoms with van der Waals surface area (Å²) in [5.74, 6) is 0.445. The van der Waals surface area contributed by atoms with Crippen LogP contribution in [0.15, 0.2) is 57.9 Å². The number of alkyl halides is 3. The minimum Gasteiger partial charge on any atom is -0.481 e. The van der Waals surface area contributed by atoms with Crippen molar-refractivity contribution >= 4 is 23.8 Å². The van der Waals surface area contributed by atoms with Gasteiger partial charge in [0.15, 0.2) is 0 Å². The van der Waals surface area contributed by atoms with Crippen LogP contribution >= 0.6 is 11.8 Å². The third-order valence-electron chi connectivity index (χ3n) is 2.92. The quantitative estimate of drug-likeness (QED) is 0.497. The second-order valence-electron chi connectivity index (χ2n) is 4.51. The number of benzene rings is 1. The number of nitrogens with zero attached hydrogens (tertiary/aromatic N) is 2. The smallest absolute Gasteiger partial charge is 0.416 e. The molecule has 2 aromatic rings. The van der Waals surface area contributed by atoms with E-state index in [9.17, 15) is 13.2 Å². The van der Waals surface area contributed by atoms with E-state index in [2.05, 4.69) is 9.98 Å². The highest BCUT2D eigenvalue weighted by atomic mass is 32.2. The molecule has 0 bridgehead atoms. The van der Waals surface area contributed by atoms with Gasteiger partial charge in [-0.15, -0.1) is 0 Å². The average molecular weight is 353 g/mol. The van der Waals surface area contributed by atoms with Crippen molar-refractivity contribution in [2.75, 3.05) is 7.11 Å². The topological polar surface area (TPSA) is 60.5 Å². The van der Waals surface area contributed by atoms with Gasteiger partial charge < -0.3 is 10.5 Å². The zero-order valence-electron chi connectivity index (χ0n) is 12.6. The fourth-order valence-electron chi connectivity index (χ4n) is 1.78. The molecule has 2 N–H and O–H groups in total. The van der Waals surface area contributed by atoms with Crippen molar-refractivity contribution in [2.45, 2.75) is 11.1 Å². The zero-order valence-corrected chi connectivity index (χ0v) is 13.4. The molecule has 0 spiro atoms. The maximum atomic E-state index is 12.7. The standard InChI is InChI=1S/C16H14F3N3OS/c1-23-15-6-5-11(8-21-15)14(22-10-20)9-24-13-4-2-3-12(7-13)16(17,18)19/h2-10H,1H3,(H2,20,22)/b14-9-. The van der Waals surface area contributed by atoms with E-state index in [4.69, 9.17) is 10.5 Å². The van der Waals surface area contributed by atoms with Gasteiger partial charge in [0.25, 0.3) is 0 Å². The van der Waals surface area contributed by atoms with Crippen molar-refractivity contribution in [3.63, 3.8) is 0 Å². The molecule has 126 valence electrons. The summed E-state index contributed by atoms with van der Waals surface area (Å²) in [6.07, 6.45) is -1.72. The Labute approximate surface area is 141 Å². The fourth-order valence-corrected chi connectivity index (χ4v) is 2.57. The van der Waals surface area contributed by atoms with Crippen molar-refractivity contribution < 1.29 is 17.9 Å². The normalized spacial score (nSPS) is 12.6. The number of thioether (sulfide) groups is 1. The van der Waals surface area contributed by atoms with Gasteiger partial charge in [-0.05, 0) is 24.3 Å². The Hall–Kier alpha value is -2.48. The molecule has 2 rings (SSSR count). The third kappa shape index (κ3) is 4.76. The molecule has 8 heteroatoms. The first kappa shape index (κ1) is 17.9. The Kier molecular flexibility index (Phi) is 5.86. The number of halogens is 3. The van der Waals surface area contributed by atoms with Gasteiger partial charge in [-0.3, -0.25) is 0 Å². The van der Waals surface area contributed by atoms with E-state index in [0.29, 0.717) is 22.0 Å². The van der Waals surface area contributed by atoms with Crippen LogP contribution < -0.4 is 10.5 Å². The third-order valence-corrected chi connectivity index (χ3v) is 3.79. The van der Waals surface area contributed by atoms with E-state index in [1.165, 1.54) is 13.2 Å². The van der Waals surface area contributed by atoms with Crippen molar-refractivity contribution in [3.05, 3.63) is 59.1 Å². The number of pyridine rings is 1. The largest absolute Gasteiger partial charge is 0.481 e. The highest BCUT2D eigenvalue weighted by Gasteiger charge is 2.30. The van der Waals surface area contributed by atoms with Crippen LogP contribution in [0.3, 0.4) is 0 Å². The van der Waals surface area contributed by atoms with Crippen LogP contribution in [0.2, 0.25) is 0 Å². The number of nitrogens with two attached hydrogens (primary N) is 1. The van der Waals surface area contributed by atoms with Crippen molar-refractivity contribution in [1.82, 2.24) is 4.98 Å². The maximum absolute atomic E-state index is 12.7. The predicted molar refractivity (Wildman–Crippen MR) is 88.7 cm³/mol. The average Bonchev–Trinajstić information content (AvgIpc) is 2.58. The number of ether oxygens (including phenoxy) is 1. The molecule has 24 heavy (non-hydrogen) atoms. The van der Waals surface area contributed by atoms with Crippen LogP contribution in [0.1, 0.15) is 11.1 Å². The van der Waals surface area contributed by atoms with Crippen molar-refractivity contribution in [2.24, 2.45) is 10.7 Å². The fraction of sp³-hybridized carbons (Fsp3) is 0.125.